The van der Waals surface area contributed by atoms with Gasteiger partial charge in [0.1, 0.15) is 6.10 Å². The first-order chi connectivity index (χ1) is 10.5. The summed E-state index contributed by atoms with van der Waals surface area (Å²) < 4.78 is 34.7. The number of fused-ring (bicyclic) bond motifs is 2. The van der Waals surface area contributed by atoms with Gasteiger partial charge in [0.2, 0.25) is 0 Å². The summed E-state index contributed by atoms with van der Waals surface area (Å²) in [6.45, 7) is 2.17. The number of hydrogen-bond donors (Lipinski definition) is 0. The summed E-state index contributed by atoms with van der Waals surface area (Å²) in [5.41, 5.74) is 0. The maximum atomic E-state index is 11.6. The van der Waals surface area contributed by atoms with E-state index in [0.29, 0.717) is 5.92 Å². The lowest BCUT2D eigenvalue weighted by atomic mass is 9.94. The molecule has 0 N–H and O–H groups in total. The predicted molar refractivity (Wildman–Crippen MR) is 88.3 cm³/mol. The van der Waals surface area contributed by atoms with Gasteiger partial charge in [-0.05, 0) is 25.2 Å². The molecule has 2 aliphatic heterocycles. The Hall–Kier alpha value is -0.130. The fraction of sp³-hybridized carbons (Fsp3) is 1.00. The van der Waals surface area contributed by atoms with Crippen molar-refractivity contribution in [1.29, 1.82) is 0 Å². The van der Waals surface area contributed by atoms with Crippen molar-refractivity contribution in [1.82, 2.24) is 0 Å². The molecule has 2 aliphatic rings. The van der Waals surface area contributed by atoms with E-state index in [-0.39, 0.29) is 18.3 Å². The van der Waals surface area contributed by atoms with E-state index in [2.05, 4.69) is 6.92 Å². The minimum atomic E-state index is -3.43. The molecule has 2 fully saturated rings. The lowest BCUT2D eigenvalue weighted by molar-refractivity contribution is -0.0379. The van der Waals surface area contributed by atoms with Crippen molar-refractivity contribution in [3.8, 4) is 0 Å². The molecule has 0 aromatic heterocycles. The van der Waals surface area contributed by atoms with E-state index in [1.54, 1.807) is 0 Å². The summed E-state index contributed by atoms with van der Waals surface area (Å²) in [6, 6.07) is 0. The van der Waals surface area contributed by atoms with Gasteiger partial charge < -0.3 is 4.74 Å². The molecule has 0 saturated carbocycles. The Balaban J connectivity index is 2.01. The highest BCUT2D eigenvalue weighted by atomic mass is 32.2. The van der Waals surface area contributed by atoms with Crippen molar-refractivity contribution in [2.45, 2.75) is 95.9 Å². The monoisotopic (exact) mass is 332 g/mol. The van der Waals surface area contributed by atoms with E-state index in [9.17, 15) is 8.42 Å². The molecule has 0 aromatic carbocycles. The Morgan fingerprint density at radius 3 is 2.05 bits per heavy atom. The Morgan fingerprint density at radius 1 is 0.909 bits per heavy atom. The molecule has 0 amide bonds. The van der Waals surface area contributed by atoms with Gasteiger partial charge in [-0.1, -0.05) is 58.3 Å². The summed E-state index contributed by atoms with van der Waals surface area (Å²) in [7, 11) is -3.43. The third kappa shape index (κ3) is 6.17. The zero-order valence-corrected chi connectivity index (χ0v) is 14.9. The van der Waals surface area contributed by atoms with Crippen LogP contribution in [0, 0.1) is 5.92 Å². The Kier molecular flexibility index (Phi) is 7.16. The van der Waals surface area contributed by atoms with E-state index in [1.807, 2.05) is 0 Å². The van der Waals surface area contributed by atoms with Crippen LogP contribution in [0.4, 0.5) is 0 Å². The van der Waals surface area contributed by atoms with E-state index in [4.69, 9.17) is 8.92 Å². The van der Waals surface area contributed by atoms with Crippen LogP contribution in [0.5, 0.6) is 0 Å². The van der Waals surface area contributed by atoms with Crippen molar-refractivity contribution < 1.29 is 17.3 Å². The maximum absolute atomic E-state index is 11.6. The average Bonchev–Trinajstić information content (AvgIpc) is 2.78. The van der Waals surface area contributed by atoms with Crippen LogP contribution in [0.15, 0.2) is 0 Å². The molecule has 0 aliphatic carbocycles. The predicted octanol–water partition coefficient (Wildman–Crippen LogP) is 4.04. The Bertz CT molecular complexity index is 420. The summed E-state index contributed by atoms with van der Waals surface area (Å²) in [5, 5.41) is 0. The molecule has 2 bridgehead atoms. The van der Waals surface area contributed by atoms with Crippen molar-refractivity contribution in [2.75, 3.05) is 6.26 Å². The Labute approximate surface area is 136 Å². The largest absolute Gasteiger partial charge is 0.372 e. The highest BCUT2D eigenvalue weighted by Gasteiger charge is 2.39. The summed E-state index contributed by atoms with van der Waals surface area (Å²) in [5.74, 6) is 0.377. The number of rotatable bonds is 2. The third-order valence-corrected chi connectivity index (χ3v) is 5.57. The lowest BCUT2D eigenvalue weighted by Crippen LogP contribution is -2.34. The van der Waals surface area contributed by atoms with Gasteiger partial charge in [-0.25, -0.2) is 0 Å². The average molecular weight is 333 g/mol. The molecule has 5 heteroatoms. The van der Waals surface area contributed by atoms with Crippen LogP contribution in [-0.4, -0.2) is 33.0 Å². The second-order valence-electron chi connectivity index (χ2n) is 7.18. The molecule has 4 nitrogen and oxygen atoms in total. The van der Waals surface area contributed by atoms with E-state index in [0.717, 1.165) is 38.4 Å². The number of ether oxygens (including phenoxy) is 1. The first-order valence-corrected chi connectivity index (χ1v) is 10.8. The van der Waals surface area contributed by atoms with Gasteiger partial charge >= 0.3 is 0 Å². The van der Waals surface area contributed by atoms with Crippen molar-refractivity contribution in [3.63, 3.8) is 0 Å². The zero-order valence-electron chi connectivity index (χ0n) is 14.1. The first kappa shape index (κ1) is 18.2. The summed E-state index contributed by atoms with van der Waals surface area (Å²) >= 11 is 0. The topological polar surface area (TPSA) is 52.6 Å². The molecule has 2 heterocycles. The van der Waals surface area contributed by atoms with Gasteiger partial charge in [0.05, 0.1) is 18.5 Å². The van der Waals surface area contributed by atoms with Gasteiger partial charge in [-0.3, -0.25) is 4.18 Å². The second-order valence-corrected chi connectivity index (χ2v) is 8.78. The Morgan fingerprint density at radius 2 is 1.45 bits per heavy atom. The molecule has 2 rings (SSSR count). The van der Waals surface area contributed by atoms with Gasteiger partial charge in [-0.15, -0.1) is 0 Å². The fourth-order valence-corrected chi connectivity index (χ4v) is 4.53. The molecule has 0 aromatic rings. The minimum absolute atomic E-state index is 0.0670. The molecule has 2 unspecified atom stereocenters. The molecule has 4 atom stereocenters. The van der Waals surface area contributed by atoms with Crippen LogP contribution in [0.3, 0.4) is 0 Å². The maximum Gasteiger partial charge on any atom is 0.264 e. The smallest absolute Gasteiger partial charge is 0.264 e. The summed E-state index contributed by atoms with van der Waals surface area (Å²) in [6.07, 6.45) is 13.9. The molecular weight excluding hydrogens is 300 g/mol. The first-order valence-electron chi connectivity index (χ1n) is 8.99. The van der Waals surface area contributed by atoms with Crippen molar-refractivity contribution in [3.05, 3.63) is 0 Å². The zero-order chi connectivity index (χ0) is 16.0. The van der Waals surface area contributed by atoms with Crippen LogP contribution in [0.1, 0.15) is 77.6 Å². The van der Waals surface area contributed by atoms with Gasteiger partial charge in [0, 0.05) is 0 Å². The second kappa shape index (κ2) is 8.65. The van der Waals surface area contributed by atoms with E-state index < -0.39 is 10.1 Å². The molecule has 22 heavy (non-hydrogen) atoms. The van der Waals surface area contributed by atoms with Crippen molar-refractivity contribution >= 4 is 10.1 Å². The van der Waals surface area contributed by atoms with E-state index in [1.165, 1.54) is 38.5 Å². The van der Waals surface area contributed by atoms with Crippen molar-refractivity contribution in [2.24, 2.45) is 5.92 Å². The van der Waals surface area contributed by atoms with Gasteiger partial charge in [0.15, 0.2) is 0 Å². The normalized spacial score (nSPS) is 35.9. The minimum Gasteiger partial charge on any atom is -0.372 e. The van der Waals surface area contributed by atoms with Gasteiger partial charge in [0.25, 0.3) is 10.1 Å². The third-order valence-electron chi connectivity index (χ3n) is 4.97. The fourth-order valence-electron chi connectivity index (χ4n) is 3.87. The summed E-state index contributed by atoms with van der Waals surface area (Å²) in [4.78, 5) is 0. The SMILES string of the molecule is C[C@H]1CC2CCCCCCCCCCC(OS(C)(=O)=O)[C@H]1O2. The quantitative estimate of drug-likeness (QED) is 0.716. The molecular formula is C17H32O4S. The van der Waals surface area contributed by atoms with Crippen LogP contribution in [0.2, 0.25) is 0 Å². The molecule has 130 valence electrons. The molecule has 0 spiro atoms. The van der Waals surface area contributed by atoms with E-state index >= 15 is 0 Å². The highest BCUT2D eigenvalue weighted by molar-refractivity contribution is 7.86. The molecule has 2 saturated heterocycles. The lowest BCUT2D eigenvalue weighted by Gasteiger charge is -2.26. The van der Waals surface area contributed by atoms with Crippen LogP contribution >= 0.6 is 0 Å². The number of hydrogen-bond acceptors (Lipinski definition) is 4. The van der Waals surface area contributed by atoms with Gasteiger partial charge in [-0.2, -0.15) is 8.42 Å². The van der Waals surface area contributed by atoms with Crippen LogP contribution in [0.25, 0.3) is 0 Å². The highest BCUT2D eigenvalue weighted by Crippen LogP contribution is 2.34. The standard InChI is InChI=1S/C17H32O4S/c1-14-13-15-11-9-7-5-3-4-6-8-10-12-16(17(14)20-15)21-22(2,18)19/h14-17H,3-13H2,1-2H3/t14-,15?,16?,17-/m0/s1. The van der Waals surface area contributed by atoms with Crippen LogP contribution < -0.4 is 0 Å². The van der Waals surface area contributed by atoms with Crippen LogP contribution in [-0.2, 0) is 19.0 Å². The molecule has 0 radical (unpaired) electrons.